The Morgan fingerprint density at radius 3 is 2.79 bits per heavy atom. The molecule has 1 saturated carbocycles. The van der Waals surface area contributed by atoms with Crippen molar-refractivity contribution in [3.63, 3.8) is 0 Å². The highest BCUT2D eigenvalue weighted by Crippen LogP contribution is 2.42. The minimum Gasteiger partial charge on any atom is -0.345 e. The van der Waals surface area contributed by atoms with Crippen molar-refractivity contribution in [2.75, 3.05) is 5.32 Å². The van der Waals surface area contributed by atoms with E-state index in [2.05, 4.69) is 17.2 Å². The van der Waals surface area contributed by atoms with Crippen LogP contribution in [0.1, 0.15) is 32.3 Å². The largest absolute Gasteiger partial charge is 0.345 e. The van der Waals surface area contributed by atoms with Crippen LogP contribution in [0, 0.1) is 17.8 Å². The molecule has 1 aromatic carbocycles. The number of benzene rings is 1. The maximum Gasteiger partial charge on any atom is 0.253 e. The fourth-order valence-electron chi connectivity index (χ4n) is 2.63. The van der Waals surface area contributed by atoms with Gasteiger partial charge in [-0.15, -0.1) is 5.92 Å². The first-order valence-corrected chi connectivity index (χ1v) is 6.66. The van der Waals surface area contributed by atoms with Gasteiger partial charge in [0.25, 0.3) is 5.91 Å². The Morgan fingerprint density at radius 2 is 2.11 bits per heavy atom. The molecule has 1 amide bonds. The van der Waals surface area contributed by atoms with Crippen molar-refractivity contribution in [1.29, 1.82) is 0 Å². The first-order valence-electron chi connectivity index (χ1n) is 6.66. The van der Waals surface area contributed by atoms with Crippen LogP contribution in [0.2, 0.25) is 0 Å². The van der Waals surface area contributed by atoms with Crippen LogP contribution in [-0.4, -0.2) is 12.0 Å². The number of rotatable bonds is 1. The van der Waals surface area contributed by atoms with Crippen LogP contribution >= 0.6 is 0 Å². The summed E-state index contributed by atoms with van der Waals surface area (Å²) >= 11 is 0. The molecule has 19 heavy (non-hydrogen) atoms. The summed E-state index contributed by atoms with van der Waals surface area (Å²) < 4.78 is 6.12. The summed E-state index contributed by atoms with van der Waals surface area (Å²) in [5.74, 6) is 6.35. The summed E-state index contributed by atoms with van der Waals surface area (Å²) in [6.45, 7) is 3.74. The molecule has 0 radical (unpaired) electrons. The minimum atomic E-state index is -0.724. The first kappa shape index (κ1) is 12.3. The van der Waals surface area contributed by atoms with E-state index < -0.39 is 11.7 Å². The number of amides is 1. The van der Waals surface area contributed by atoms with Gasteiger partial charge in [0, 0.05) is 11.3 Å². The number of hydrogen-bond acceptors (Lipinski definition) is 2. The summed E-state index contributed by atoms with van der Waals surface area (Å²) in [5, 5.41) is 2.98. The molecule has 1 aromatic rings. The van der Waals surface area contributed by atoms with Crippen molar-refractivity contribution in [3.05, 3.63) is 29.8 Å². The molecule has 2 aliphatic rings. The third-order valence-corrected chi connectivity index (χ3v) is 3.73. The average molecular weight is 255 g/mol. The van der Waals surface area contributed by atoms with Crippen molar-refractivity contribution in [3.8, 4) is 11.8 Å². The van der Waals surface area contributed by atoms with Gasteiger partial charge >= 0.3 is 0 Å². The predicted molar refractivity (Wildman–Crippen MR) is 73.5 cm³/mol. The molecule has 0 saturated heterocycles. The third kappa shape index (κ3) is 2.13. The third-order valence-electron chi connectivity index (χ3n) is 3.73. The number of carbonyl (C=O) groups excluding carboxylic acids is 1. The molecule has 1 fully saturated rings. The average Bonchev–Trinajstić information content (AvgIpc) is 3.20. The number of anilines is 1. The van der Waals surface area contributed by atoms with Crippen LogP contribution in [0.15, 0.2) is 24.3 Å². The molecule has 0 spiro atoms. The van der Waals surface area contributed by atoms with Crippen molar-refractivity contribution >= 4 is 11.6 Å². The quantitative estimate of drug-likeness (QED) is 0.783. The number of nitrogens with one attached hydrogen (secondary N) is 1. The number of hydrogen-bond donors (Lipinski definition) is 1. The second kappa shape index (κ2) is 4.40. The van der Waals surface area contributed by atoms with Crippen LogP contribution in [0.3, 0.4) is 0 Å². The van der Waals surface area contributed by atoms with E-state index >= 15 is 0 Å². The topological polar surface area (TPSA) is 38.3 Å². The van der Waals surface area contributed by atoms with E-state index in [0.29, 0.717) is 5.92 Å². The maximum absolute atomic E-state index is 12.3. The molecular weight excluding hydrogens is 238 g/mol. The van der Waals surface area contributed by atoms with E-state index in [1.165, 1.54) is 0 Å². The second-order valence-corrected chi connectivity index (χ2v) is 5.32. The Balaban J connectivity index is 2.09. The van der Waals surface area contributed by atoms with E-state index in [1.54, 1.807) is 6.92 Å². The van der Waals surface area contributed by atoms with E-state index in [0.717, 1.165) is 24.1 Å². The zero-order valence-corrected chi connectivity index (χ0v) is 11.2. The maximum atomic E-state index is 12.3. The van der Waals surface area contributed by atoms with E-state index in [-0.39, 0.29) is 5.91 Å². The fourth-order valence-corrected chi connectivity index (χ4v) is 2.63. The van der Waals surface area contributed by atoms with Crippen molar-refractivity contribution in [2.24, 2.45) is 5.92 Å². The van der Waals surface area contributed by atoms with Crippen LogP contribution in [0.4, 0.5) is 5.69 Å². The van der Waals surface area contributed by atoms with Crippen LogP contribution in [0.25, 0.3) is 0 Å². The standard InChI is InChI=1S/C16H17NO2/c1-3-10-16(2)12-6-4-5-7-13(12)17-15(18)14(19-16)11-8-9-11/h4-7,11,14H,8-9H2,1-2H3,(H,17,18). The molecule has 2 atom stereocenters. The van der Waals surface area contributed by atoms with Gasteiger partial charge in [-0.1, -0.05) is 24.1 Å². The van der Waals surface area contributed by atoms with Gasteiger partial charge in [-0.2, -0.15) is 0 Å². The van der Waals surface area contributed by atoms with Gasteiger partial charge in [0.05, 0.1) is 0 Å². The Morgan fingerprint density at radius 1 is 1.37 bits per heavy atom. The highest BCUT2D eigenvalue weighted by atomic mass is 16.5. The molecule has 98 valence electrons. The minimum absolute atomic E-state index is 0.0448. The Bertz CT molecular complexity index is 580. The molecule has 1 aliphatic carbocycles. The molecule has 2 unspecified atom stereocenters. The van der Waals surface area contributed by atoms with Gasteiger partial charge in [-0.25, -0.2) is 0 Å². The van der Waals surface area contributed by atoms with Crippen LogP contribution in [0.5, 0.6) is 0 Å². The zero-order chi connectivity index (χ0) is 13.5. The Hall–Kier alpha value is -1.79. The fraction of sp³-hybridized carbons (Fsp3) is 0.438. The molecule has 0 bridgehead atoms. The zero-order valence-electron chi connectivity index (χ0n) is 11.2. The monoisotopic (exact) mass is 255 g/mol. The van der Waals surface area contributed by atoms with Gasteiger partial charge in [0.2, 0.25) is 0 Å². The van der Waals surface area contributed by atoms with Crippen LogP contribution < -0.4 is 5.32 Å². The van der Waals surface area contributed by atoms with Gasteiger partial charge in [-0.3, -0.25) is 4.79 Å². The van der Waals surface area contributed by atoms with Gasteiger partial charge < -0.3 is 10.1 Å². The SMILES string of the molecule is CC#CC1(C)OC(C2CC2)C(=O)Nc2ccccc21. The lowest BCUT2D eigenvalue weighted by Crippen LogP contribution is -2.35. The van der Waals surface area contributed by atoms with Crippen LogP contribution in [-0.2, 0) is 15.1 Å². The molecule has 1 aliphatic heterocycles. The lowest BCUT2D eigenvalue weighted by atomic mass is 9.94. The van der Waals surface area contributed by atoms with Crippen molar-refractivity contribution < 1.29 is 9.53 Å². The van der Waals surface area contributed by atoms with Gasteiger partial charge in [0.15, 0.2) is 5.60 Å². The molecule has 3 heteroatoms. The lowest BCUT2D eigenvalue weighted by Gasteiger charge is -2.27. The van der Waals surface area contributed by atoms with Crippen molar-refractivity contribution in [1.82, 2.24) is 0 Å². The second-order valence-electron chi connectivity index (χ2n) is 5.32. The van der Waals surface area contributed by atoms with Crippen molar-refractivity contribution in [2.45, 2.75) is 38.4 Å². The number of carbonyl (C=O) groups is 1. The molecule has 1 heterocycles. The molecule has 0 aromatic heterocycles. The number of para-hydroxylation sites is 1. The van der Waals surface area contributed by atoms with E-state index in [4.69, 9.17) is 4.74 Å². The molecule has 1 N–H and O–H groups in total. The molecule has 3 rings (SSSR count). The lowest BCUT2D eigenvalue weighted by molar-refractivity contribution is -0.136. The predicted octanol–water partition coefficient (Wildman–Crippen LogP) is 2.67. The summed E-state index contributed by atoms with van der Waals surface area (Å²) in [4.78, 5) is 12.3. The highest BCUT2D eigenvalue weighted by Gasteiger charge is 2.44. The highest BCUT2D eigenvalue weighted by molar-refractivity contribution is 5.96. The summed E-state index contributed by atoms with van der Waals surface area (Å²) in [6.07, 6.45) is 1.73. The number of fused-ring (bicyclic) bond motifs is 1. The first-order chi connectivity index (χ1) is 9.14. The van der Waals surface area contributed by atoms with Gasteiger partial charge in [0.1, 0.15) is 6.10 Å². The Labute approximate surface area is 113 Å². The van der Waals surface area contributed by atoms with E-state index in [1.807, 2.05) is 31.2 Å². The number of ether oxygens (including phenoxy) is 1. The molecular formula is C16H17NO2. The summed E-state index contributed by atoms with van der Waals surface area (Å²) in [7, 11) is 0. The normalized spacial score (nSPS) is 29.6. The summed E-state index contributed by atoms with van der Waals surface area (Å²) in [5.41, 5.74) is 1.01. The molecule has 3 nitrogen and oxygen atoms in total. The Kier molecular flexibility index (Phi) is 2.83. The smallest absolute Gasteiger partial charge is 0.253 e. The van der Waals surface area contributed by atoms with E-state index in [9.17, 15) is 4.79 Å². The van der Waals surface area contributed by atoms with Gasteiger partial charge in [-0.05, 0) is 38.7 Å². The summed E-state index contributed by atoms with van der Waals surface area (Å²) in [6, 6.07) is 7.73.